The van der Waals surface area contributed by atoms with Gasteiger partial charge in [-0.15, -0.1) is 19.0 Å². The molecule has 4 heteroatoms. The van der Waals surface area contributed by atoms with Gasteiger partial charge in [0, 0.05) is 16.6 Å². The molecule has 0 aliphatic carbocycles. The number of halogens is 3. The van der Waals surface area contributed by atoms with E-state index in [-0.39, 0.29) is 24.3 Å². The van der Waals surface area contributed by atoms with Crippen molar-refractivity contribution in [1.82, 2.24) is 0 Å². The van der Waals surface area contributed by atoms with Crippen molar-refractivity contribution in [2.45, 2.75) is 18.9 Å². The van der Waals surface area contributed by atoms with Gasteiger partial charge in [-0.05, 0) is 31.0 Å². The summed E-state index contributed by atoms with van der Waals surface area (Å²) >= 11 is 5.75. The van der Waals surface area contributed by atoms with Gasteiger partial charge in [0.1, 0.15) is 5.82 Å². The Kier molecular flexibility index (Phi) is 6.57. The first-order chi connectivity index (χ1) is 6.65. The van der Waals surface area contributed by atoms with Crippen molar-refractivity contribution in [2.75, 3.05) is 0 Å². The lowest BCUT2D eigenvalue weighted by atomic mass is 10.0. The predicted octanol–water partition coefficient (Wildman–Crippen LogP) is 3.87. The average Bonchev–Trinajstić information content (AvgIpc) is 2.18. The molecule has 1 aromatic carbocycles. The Morgan fingerprint density at radius 2 is 2.20 bits per heavy atom. The van der Waals surface area contributed by atoms with E-state index in [9.17, 15) is 4.39 Å². The standard InChI is InChI=1S/C11H13ClFN.ClH/c1-2-3-4-11(14)9-7-8(12)5-6-10(9)13;/h2,5-7,11H,1,3-4,14H2;1H/t11-;/m1./s1. The zero-order chi connectivity index (χ0) is 10.6. The summed E-state index contributed by atoms with van der Waals surface area (Å²) < 4.78 is 13.3. The Labute approximate surface area is 101 Å². The van der Waals surface area contributed by atoms with Crippen LogP contribution in [0.3, 0.4) is 0 Å². The number of rotatable bonds is 4. The first-order valence-corrected chi connectivity index (χ1v) is 4.84. The first-order valence-electron chi connectivity index (χ1n) is 4.46. The first kappa shape index (κ1) is 14.4. The third-order valence-corrected chi connectivity index (χ3v) is 2.27. The maximum Gasteiger partial charge on any atom is 0.128 e. The monoisotopic (exact) mass is 249 g/mol. The van der Waals surface area contributed by atoms with Gasteiger partial charge in [0.2, 0.25) is 0 Å². The molecule has 84 valence electrons. The van der Waals surface area contributed by atoms with Crippen LogP contribution in [0, 0.1) is 5.82 Å². The van der Waals surface area contributed by atoms with Gasteiger partial charge in [-0.1, -0.05) is 17.7 Å². The Morgan fingerprint density at radius 1 is 1.53 bits per heavy atom. The quantitative estimate of drug-likeness (QED) is 0.806. The highest BCUT2D eigenvalue weighted by Crippen LogP contribution is 2.22. The second-order valence-corrected chi connectivity index (χ2v) is 3.57. The molecule has 0 saturated heterocycles. The molecular weight excluding hydrogens is 236 g/mol. The summed E-state index contributed by atoms with van der Waals surface area (Å²) in [6, 6.07) is 4.11. The number of hydrogen-bond donors (Lipinski definition) is 1. The Balaban J connectivity index is 0.00000196. The van der Waals surface area contributed by atoms with Gasteiger partial charge in [0.25, 0.3) is 0 Å². The molecule has 0 radical (unpaired) electrons. The molecular formula is C11H14Cl2FN. The smallest absolute Gasteiger partial charge is 0.128 e. The van der Waals surface area contributed by atoms with Crippen molar-refractivity contribution in [3.05, 3.63) is 47.3 Å². The fourth-order valence-corrected chi connectivity index (χ4v) is 1.43. The SMILES string of the molecule is C=CCC[C@@H](N)c1cc(Cl)ccc1F.Cl. The highest BCUT2D eigenvalue weighted by Gasteiger charge is 2.10. The fourth-order valence-electron chi connectivity index (χ4n) is 1.25. The lowest BCUT2D eigenvalue weighted by Gasteiger charge is -2.11. The molecule has 1 atom stereocenters. The van der Waals surface area contributed by atoms with Crippen LogP contribution < -0.4 is 5.73 Å². The summed E-state index contributed by atoms with van der Waals surface area (Å²) in [5.41, 5.74) is 6.28. The van der Waals surface area contributed by atoms with Crippen LogP contribution in [0.4, 0.5) is 4.39 Å². The maximum absolute atomic E-state index is 13.3. The van der Waals surface area contributed by atoms with E-state index in [4.69, 9.17) is 17.3 Å². The van der Waals surface area contributed by atoms with Gasteiger partial charge in [0.05, 0.1) is 0 Å². The molecule has 0 spiro atoms. The number of allylic oxidation sites excluding steroid dienone is 1. The van der Waals surface area contributed by atoms with E-state index < -0.39 is 0 Å². The minimum atomic E-state index is -0.313. The van der Waals surface area contributed by atoms with Crippen LogP contribution in [0.5, 0.6) is 0 Å². The molecule has 0 aliphatic rings. The van der Waals surface area contributed by atoms with Crippen LogP contribution in [0.15, 0.2) is 30.9 Å². The zero-order valence-corrected chi connectivity index (χ0v) is 9.82. The molecule has 0 aromatic heterocycles. The summed E-state index contributed by atoms with van der Waals surface area (Å²) in [5, 5.41) is 0.510. The Morgan fingerprint density at radius 3 is 2.80 bits per heavy atom. The van der Waals surface area contributed by atoms with E-state index in [1.807, 2.05) is 0 Å². The van der Waals surface area contributed by atoms with Crippen molar-refractivity contribution >= 4 is 24.0 Å². The van der Waals surface area contributed by atoms with Crippen molar-refractivity contribution < 1.29 is 4.39 Å². The molecule has 0 aliphatic heterocycles. The van der Waals surface area contributed by atoms with Gasteiger partial charge in [0.15, 0.2) is 0 Å². The largest absolute Gasteiger partial charge is 0.324 e. The Hall–Kier alpha value is -0.570. The molecule has 15 heavy (non-hydrogen) atoms. The number of hydrogen-bond acceptors (Lipinski definition) is 1. The summed E-state index contributed by atoms with van der Waals surface area (Å²) in [4.78, 5) is 0. The van der Waals surface area contributed by atoms with Crippen LogP contribution in [0.25, 0.3) is 0 Å². The van der Waals surface area contributed by atoms with Crippen LogP contribution in [0.1, 0.15) is 24.4 Å². The lowest BCUT2D eigenvalue weighted by molar-refractivity contribution is 0.566. The van der Waals surface area contributed by atoms with Crippen LogP contribution in [-0.2, 0) is 0 Å². The normalized spacial score (nSPS) is 11.7. The summed E-state index contributed by atoms with van der Waals surface area (Å²) in [6.45, 7) is 3.59. The van der Waals surface area contributed by atoms with Crippen molar-refractivity contribution in [2.24, 2.45) is 5.73 Å². The molecule has 0 heterocycles. The predicted molar refractivity (Wildman–Crippen MR) is 65.0 cm³/mol. The number of benzene rings is 1. The van der Waals surface area contributed by atoms with Crippen LogP contribution >= 0.6 is 24.0 Å². The molecule has 2 N–H and O–H groups in total. The lowest BCUT2D eigenvalue weighted by Crippen LogP contribution is -2.11. The number of nitrogens with two attached hydrogens (primary N) is 1. The van der Waals surface area contributed by atoms with E-state index in [0.717, 1.165) is 6.42 Å². The van der Waals surface area contributed by atoms with Crippen molar-refractivity contribution in [1.29, 1.82) is 0 Å². The van der Waals surface area contributed by atoms with Crippen molar-refractivity contribution in [3.63, 3.8) is 0 Å². The topological polar surface area (TPSA) is 26.0 Å². The van der Waals surface area contributed by atoms with Gasteiger partial charge in [-0.25, -0.2) is 4.39 Å². The van der Waals surface area contributed by atoms with E-state index >= 15 is 0 Å². The zero-order valence-electron chi connectivity index (χ0n) is 8.25. The second-order valence-electron chi connectivity index (χ2n) is 3.14. The van der Waals surface area contributed by atoms with Gasteiger partial charge in [-0.3, -0.25) is 0 Å². The Bertz CT molecular complexity index is 328. The minimum Gasteiger partial charge on any atom is -0.324 e. The van der Waals surface area contributed by atoms with E-state index in [2.05, 4.69) is 6.58 Å². The molecule has 0 saturated carbocycles. The van der Waals surface area contributed by atoms with Gasteiger partial charge in [-0.2, -0.15) is 0 Å². The molecule has 1 nitrogen and oxygen atoms in total. The fraction of sp³-hybridized carbons (Fsp3) is 0.273. The third kappa shape index (κ3) is 4.20. The van der Waals surface area contributed by atoms with Crippen molar-refractivity contribution in [3.8, 4) is 0 Å². The molecule has 0 amide bonds. The summed E-state index contributed by atoms with van der Waals surface area (Å²) in [7, 11) is 0. The molecule has 0 bridgehead atoms. The van der Waals surface area contributed by atoms with Gasteiger partial charge >= 0.3 is 0 Å². The van der Waals surface area contributed by atoms with E-state index in [1.54, 1.807) is 12.1 Å². The molecule has 1 aromatic rings. The van der Waals surface area contributed by atoms with Gasteiger partial charge < -0.3 is 5.73 Å². The highest BCUT2D eigenvalue weighted by molar-refractivity contribution is 6.30. The van der Waals surface area contributed by atoms with E-state index in [1.165, 1.54) is 12.1 Å². The summed E-state index contributed by atoms with van der Waals surface area (Å²) in [6.07, 6.45) is 3.22. The highest BCUT2D eigenvalue weighted by atomic mass is 35.5. The third-order valence-electron chi connectivity index (χ3n) is 2.04. The molecule has 0 unspecified atom stereocenters. The summed E-state index contributed by atoms with van der Waals surface area (Å²) in [5.74, 6) is -0.300. The maximum atomic E-state index is 13.3. The van der Waals surface area contributed by atoms with E-state index in [0.29, 0.717) is 17.0 Å². The minimum absolute atomic E-state index is 0. The molecule has 1 rings (SSSR count). The van der Waals surface area contributed by atoms with Crippen LogP contribution in [0.2, 0.25) is 5.02 Å². The van der Waals surface area contributed by atoms with Crippen LogP contribution in [-0.4, -0.2) is 0 Å². The second kappa shape index (κ2) is 6.83. The molecule has 0 fully saturated rings. The average molecular weight is 250 g/mol.